The van der Waals surface area contributed by atoms with Gasteiger partial charge in [0.15, 0.2) is 17.0 Å². The van der Waals surface area contributed by atoms with E-state index in [1.165, 1.54) is 30.3 Å². The van der Waals surface area contributed by atoms with Crippen LogP contribution < -0.4 is 10.1 Å². The van der Waals surface area contributed by atoms with Crippen LogP contribution in [-0.4, -0.2) is 44.0 Å². The highest BCUT2D eigenvalue weighted by Gasteiger charge is 2.35. The number of nitrogens with one attached hydrogen (secondary N) is 1. The Labute approximate surface area is 185 Å². The Morgan fingerprint density at radius 1 is 1.18 bits per heavy atom. The van der Waals surface area contributed by atoms with Crippen LogP contribution in [0.3, 0.4) is 0 Å². The summed E-state index contributed by atoms with van der Waals surface area (Å²) in [5.74, 6) is -0.139. The maximum Gasteiger partial charge on any atom is 0.433 e. The fourth-order valence-corrected chi connectivity index (χ4v) is 3.08. The molecule has 9 nitrogen and oxygen atoms in total. The van der Waals surface area contributed by atoms with E-state index in [0.29, 0.717) is 28.1 Å². The molecule has 0 radical (unpaired) electrons. The number of benzene rings is 1. The average Bonchev–Trinajstić information content (AvgIpc) is 3.43. The van der Waals surface area contributed by atoms with Crippen LogP contribution in [0.5, 0.6) is 5.75 Å². The van der Waals surface area contributed by atoms with Gasteiger partial charge in [0.2, 0.25) is 0 Å². The van der Waals surface area contributed by atoms with E-state index in [-0.39, 0.29) is 23.8 Å². The summed E-state index contributed by atoms with van der Waals surface area (Å²) in [5.41, 5.74) is -0.508. The number of carbonyl (C=O) groups excluding carboxylic acids is 1. The highest BCUT2D eigenvalue weighted by Crippen LogP contribution is 2.32. The molecule has 0 spiro atoms. The van der Waals surface area contributed by atoms with Crippen molar-refractivity contribution < 1.29 is 27.4 Å². The normalized spacial score (nSPS) is 11.7. The molecule has 0 saturated carbocycles. The van der Waals surface area contributed by atoms with E-state index < -0.39 is 17.8 Å². The number of hydrogen-bond donors (Lipinski definition) is 1. The molecule has 0 aliphatic heterocycles. The number of aromatic nitrogens is 5. The lowest BCUT2D eigenvalue weighted by Crippen LogP contribution is -2.15. The van der Waals surface area contributed by atoms with Crippen LogP contribution in [0.2, 0.25) is 0 Å². The molecule has 0 atom stereocenters. The van der Waals surface area contributed by atoms with Crippen molar-refractivity contribution in [2.24, 2.45) is 0 Å². The molecule has 0 fully saturated rings. The van der Waals surface area contributed by atoms with E-state index in [2.05, 4.69) is 20.5 Å². The van der Waals surface area contributed by atoms with Gasteiger partial charge in [-0.05, 0) is 37.3 Å². The zero-order valence-corrected chi connectivity index (χ0v) is 17.6. The molecule has 3 aromatic heterocycles. The van der Waals surface area contributed by atoms with Crippen molar-refractivity contribution in [3.05, 3.63) is 60.2 Å². The molecule has 172 valence electrons. The van der Waals surface area contributed by atoms with Crippen molar-refractivity contribution >= 4 is 17.2 Å². The lowest BCUT2D eigenvalue weighted by atomic mass is 10.1. The van der Waals surface area contributed by atoms with Crippen LogP contribution in [0.1, 0.15) is 23.1 Å². The smallest absolute Gasteiger partial charge is 0.433 e. The Hall–Kier alpha value is -3.93. The average molecular weight is 460 g/mol. The second kappa shape index (κ2) is 8.90. The molecule has 0 aliphatic rings. The molecule has 4 aromatic rings. The maximum absolute atomic E-state index is 13.8. The van der Waals surface area contributed by atoms with Gasteiger partial charge in [-0.3, -0.25) is 4.79 Å². The summed E-state index contributed by atoms with van der Waals surface area (Å²) in [7, 11) is 1.49. The summed E-state index contributed by atoms with van der Waals surface area (Å²) in [6.07, 6.45) is -1.79. The summed E-state index contributed by atoms with van der Waals surface area (Å²) in [6, 6.07) is 8.53. The molecule has 0 unspecified atom stereocenters. The van der Waals surface area contributed by atoms with Gasteiger partial charge in [-0.1, -0.05) is 0 Å². The zero-order chi connectivity index (χ0) is 23.6. The largest absolute Gasteiger partial charge is 0.497 e. The summed E-state index contributed by atoms with van der Waals surface area (Å²) >= 11 is 0. The van der Waals surface area contributed by atoms with Crippen LogP contribution in [0.4, 0.5) is 18.9 Å². The Balaban J connectivity index is 1.67. The third-order valence-electron chi connectivity index (χ3n) is 4.65. The molecular weight excluding hydrogens is 441 g/mol. The SMILES string of the molecule is CCOCn1cc(NC(=O)c2cc3nc(-c4ccc(OC)cc4)cc(C(F)(F)F)n3n2)cn1. The van der Waals surface area contributed by atoms with Crippen molar-refractivity contribution in [2.75, 3.05) is 19.0 Å². The number of rotatable bonds is 7. The second-order valence-electron chi connectivity index (χ2n) is 6.90. The fraction of sp³-hybridized carbons (Fsp3) is 0.238. The number of hydrogen-bond acceptors (Lipinski definition) is 6. The Bertz CT molecular complexity index is 1280. The third-order valence-corrected chi connectivity index (χ3v) is 4.65. The Morgan fingerprint density at radius 2 is 1.94 bits per heavy atom. The molecule has 0 aliphatic carbocycles. The van der Waals surface area contributed by atoms with Crippen molar-refractivity contribution in [1.29, 1.82) is 0 Å². The van der Waals surface area contributed by atoms with E-state index in [0.717, 1.165) is 6.07 Å². The Morgan fingerprint density at radius 3 is 2.61 bits per heavy atom. The summed E-state index contributed by atoms with van der Waals surface area (Å²) in [5, 5.41) is 10.4. The first kappa shape index (κ1) is 22.3. The van der Waals surface area contributed by atoms with Gasteiger partial charge in [0.1, 0.15) is 12.5 Å². The maximum atomic E-state index is 13.8. The van der Waals surface area contributed by atoms with Gasteiger partial charge in [-0.2, -0.15) is 23.4 Å². The number of fused-ring (bicyclic) bond motifs is 1. The van der Waals surface area contributed by atoms with Crippen molar-refractivity contribution in [3.63, 3.8) is 0 Å². The minimum absolute atomic E-state index is 0.0848. The number of halogens is 3. The summed E-state index contributed by atoms with van der Waals surface area (Å²) in [6.45, 7) is 2.53. The fourth-order valence-electron chi connectivity index (χ4n) is 3.08. The van der Waals surface area contributed by atoms with Gasteiger partial charge >= 0.3 is 6.18 Å². The minimum Gasteiger partial charge on any atom is -0.497 e. The van der Waals surface area contributed by atoms with Crippen molar-refractivity contribution in [3.8, 4) is 17.0 Å². The van der Waals surface area contributed by atoms with Crippen LogP contribution in [0, 0.1) is 0 Å². The second-order valence-corrected chi connectivity index (χ2v) is 6.90. The third kappa shape index (κ3) is 4.80. The summed E-state index contributed by atoms with van der Waals surface area (Å²) in [4.78, 5) is 16.9. The number of nitrogens with zero attached hydrogens (tertiary/aromatic N) is 5. The monoisotopic (exact) mass is 460 g/mol. The zero-order valence-electron chi connectivity index (χ0n) is 17.6. The minimum atomic E-state index is -4.72. The van der Waals surface area contributed by atoms with Gasteiger partial charge in [-0.15, -0.1) is 0 Å². The topological polar surface area (TPSA) is 95.6 Å². The molecule has 1 aromatic carbocycles. The number of amides is 1. The van der Waals surface area contributed by atoms with Crippen molar-refractivity contribution in [1.82, 2.24) is 24.4 Å². The van der Waals surface area contributed by atoms with Crippen LogP contribution >= 0.6 is 0 Å². The van der Waals surface area contributed by atoms with Crippen LogP contribution in [-0.2, 0) is 17.6 Å². The van der Waals surface area contributed by atoms with E-state index in [9.17, 15) is 18.0 Å². The first-order valence-corrected chi connectivity index (χ1v) is 9.82. The lowest BCUT2D eigenvalue weighted by molar-refractivity contribution is -0.142. The molecule has 4 rings (SSSR count). The van der Waals surface area contributed by atoms with Crippen LogP contribution in [0.15, 0.2) is 48.8 Å². The molecule has 1 amide bonds. The van der Waals surface area contributed by atoms with E-state index in [4.69, 9.17) is 9.47 Å². The van der Waals surface area contributed by atoms with Gasteiger partial charge in [0.05, 0.1) is 30.9 Å². The molecule has 0 saturated heterocycles. The standard InChI is InChI=1S/C21H19F3N6O3/c1-3-33-12-29-11-14(10-25-29)26-20(31)17-9-19-27-16(13-4-6-15(32-2)7-5-13)8-18(21(22,23)24)30(19)28-17/h4-11H,3,12H2,1-2H3,(H,26,31). The highest BCUT2D eigenvalue weighted by molar-refractivity contribution is 6.03. The number of methoxy groups -OCH3 is 1. The number of ether oxygens (including phenoxy) is 2. The number of carbonyl (C=O) groups is 1. The van der Waals surface area contributed by atoms with Gasteiger partial charge in [-0.25, -0.2) is 14.2 Å². The van der Waals surface area contributed by atoms with E-state index >= 15 is 0 Å². The first-order valence-electron chi connectivity index (χ1n) is 9.82. The Kier molecular flexibility index (Phi) is 6.01. The molecule has 3 heterocycles. The van der Waals surface area contributed by atoms with Crippen molar-refractivity contribution in [2.45, 2.75) is 19.8 Å². The highest BCUT2D eigenvalue weighted by atomic mass is 19.4. The quantitative estimate of drug-likeness (QED) is 0.450. The summed E-state index contributed by atoms with van der Waals surface area (Å²) < 4.78 is 53.7. The van der Waals surface area contributed by atoms with Crippen LogP contribution in [0.25, 0.3) is 16.9 Å². The molecular formula is C21H19F3N6O3. The molecule has 1 N–H and O–H groups in total. The molecule has 33 heavy (non-hydrogen) atoms. The number of alkyl halides is 3. The lowest BCUT2D eigenvalue weighted by Gasteiger charge is -2.11. The van der Waals surface area contributed by atoms with E-state index in [1.807, 2.05) is 6.92 Å². The number of anilines is 1. The first-order chi connectivity index (χ1) is 15.8. The molecule has 12 heteroatoms. The van der Waals surface area contributed by atoms with E-state index in [1.54, 1.807) is 24.3 Å². The predicted molar refractivity (Wildman–Crippen MR) is 112 cm³/mol. The predicted octanol–water partition coefficient (Wildman–Crippen LogP) is 3.87. The van der Waals surface area contributed by atoms with Gasteiger partial charge in [0, 0.05) is 18.2 Å². The van der Waals surface area contributed by atoms with Gasteiger partial charge < -0.3 is 14.8 Å². The van der Waals surface area contributed by atoms with Gasteiger partial charge in [0.25, 0.3) is 5.91 Å². The molecule has 0 bridgehead atoms.